The average Bonchev–Trinajstić information content (AvgIpc) is 2.64. The third-order valence-electron chi connectivity index (χ3n) is 3.68. The van der Waals surface area contributed by atoms with Crippen LogP contribution in [0.1, 0.15) is 30.1 Å². The lowest BCUT2D eigenvalue weighted by Crippen LogP contribution is -2.21. The van der Waals surface area contributed by atoms with Gasteiger partial charge in [-0.1, -0.05) is 30.3 Å². The van der Waals surface area contributed by atoms with Gasteiger partial charge in [-0.05, 0) is 53.1 Å². The number of hydrogen-bond acceptors (Lipinski definition) is 4. The second-order valence-corrected chi connectivity index (χ2v) is 6.36. The van der Waals surface area contributed by atoms with Gasteiger partial charge in [0.25, 0.3) is 0 Å². The predicted octanol–water partition coefficient (Wildman–Crippen LogP) is 3.94. The van der Waals surface area contributed by atoms with Gasteiger partial charge in [-0.25, -0.2) is 4.39 Å². The van der Waals surface area contributed by atoms with Crippen molar-refractivity contribution in [3.8, 4) is 11.8 Å². The number of hydrogen-bond donors (Lipinski definition) is 2. The Morgan fingerprint density at radius 3 is 2.68 bits per heavy atom. The van der Waals surface area contributed by atoms with Crippen LogP contribution in [0.2, 0.25) is 0 Å². The van der Waals surface area contributed by atoms with Crippen molar-refractivity contribution in [1.82, 2.24) is 5.32 Å². The Morgan fingerprint density at radius 2 is 2.00 bits per heavy atom. The van der Waals surface area contributed by atoms with Crippen LogP contribution in [-0.2, 0) is 0 Å². The molecule has 6 heteroatoms. The Morgan fingerprint density at radius 1 is 1.24 bits per heavy atom. The number of nitrogens with zero attached hydrogens (tertiary/aromatic N) is 1. The largest absolute Gasteiger partial charge is 0.484 e. The highest BCUT2D eigenvalue weighted by Crippen LogP contribution is 2.31. The molecule has 0 saturated carbocycles. The fourth-order valence-corrected chi connectivity index (χ4v) is 2.71. The van der Waals surface area contributed by atoms with Gasteiger partial charge in [0.15, 0.2) is 0 Å². The fourth-order valence-electron chi connectivity index (χ4n) is 2.39. The van der Waals surface area contributed by atoms with Crippen molar-refractivity contribution in [3.63, 3.8) is 0 Å². The van der Waals surface area contributed by atoms with Crippen molar-refractivity contribution in [2.24, 2.45) is 0 Å². The van der Waals surface area contributed by atoms with Gasteiger partial charge < -0.3 is 15.2 Å². The van der Waals surface area contributed by atoms with Gasteiger partial charge in [-0.15, -0.1) is 0 Å². The molecule has 0 aliphatic rings. The number of ether oxygens (including phenoxy) is 1. The maximum Gasteiger partial charge on any atom is 0.139 e. The number of halogens is 2. The summed E-state index contributed by atoms with van der Waals surface area (Å²) in [6.07, 6.45) is 1.10. The zero-order valence-corrected chi connectivity index (χ0v) is 15.3. The molecule has 132 valence electrons. The lowest BCUT2D eigenvalue weighted by molar-refractivity contribution is 0.192. The summed E-state index contributed by atoms with van der Waals surface area (Å²) in [4.78, 5) is 0. The van der Waals surface area contributed by atoms with Crippen LogP contribution >= 0.6 is 15.9 Å². The summed E-state index contributed by atoms with van der Waals surface area (Å²) < 4.78 is 20.0. The van der Waals surface area contributed by atoms with Crippen LogP contribution in [0.25, 0.3) is 0 Å². The second-order valence-electron chi connectivity index (χ2n) is 5.51. The molecule has 0 aliphatic heterocycles. The first-order valence-corrected chi connectivity index (χ1v) is 8.87. The molecule has 0 aromatic heterocycles. The average molecular weight is 407 g/mol. The molecule has 0 radical (unpaired) electrons. The molecule has 4 nitrogen and oxygen atoms in total. The topological polar surface area (TPSA) is 65.3 Å². The van der Waals surface area contributed by atoms with Crippen molar-refractivity contribution in [3.05, 3.63) is 63.9 Å². The molecular formula is C19H20BrFN2O2. The molecule has 0 bridgehead atoms. The zero-order valence-electron chi connectivity index (χ0n) is 13.7. The number of nitriles is 1. The van der Waals surface area contributed by atoms with Gasteiger partial charge in [0.1, 0.15) is 23.7 Å². The predicted molar refractivity (Wildman–Crippen MR) is 97.8 cm³/mol. The van der Waals surface area contributed by atoms with Crippen LogP contribution in [0.3, 0.4) is 0 Å². The van der Waals surface area contributed by atoms with E-state index in [-0.39, 0.29) is 22.7 Å². The quantitative estimate of drug-likeness (QED) is 0.618. The van der Waals surface area contributed by atoms with Crippen LogP contribution in [0.15, 0.2) is 46.9 Å². The van der Waals surface area contributed by atoms with Gasteiger partial charge in [0, 0.05) is 13.0 Å². The first-order chi connectivity index (χ1) is 12.2. The van der Waals surface area contributed by atoms with E-state index in [0.717, 1.165) is 12.1 Å². The Bertz CT molecular complexity index is 719. The van der Waals surface area contributed by atoms with E-state index in [1.165, 1.54) is 12.1 Å². The standard InChI is InChI=1S/C19H20BrFN2O2/c20-16-12-19(15(13-22)11-17(16)21)25-18(7-9-23-8-4-10-24)14-5-2-1-3-6-14/h1-3,5-6,11-12,18,23-24H,4,7-10H2. The fraction of sp³-hybridized carbons (Fsp3) is 0.316. The van der Waals surface area contributed by atoms with E-state index in [0.29, 0.717) is 25.1 Å². The van der Waals surface area contributed by atoms with E-state index in [9.17, 15) is 9.65 Å². The highest BCUT2D eigenvalue weighted by molar-refractivity contribution is 9.10. The molecule has 2 aromatic rings. The minimum absolute atomic E-state index is 0.154. The van der Waals surface area contributed by atoms with Crippen LogP contribution in [0, 0.1) is 17.1 Å². The normalized spacial score (nSPS) is 11.8. The van der Waals surface area contributed by atoms with E-state index in [1.807, 2.05) is 36.4 Å². The molecule has 2 aromatic carbocycles. The van der Waals surface area contributed by atoms with Crippen LogP contribution in [0.5, 0.6) is 5.75 Å². The molecule has 0 fully saturated rings. The summed E-state index contributed by atoms with van der Waals surface area (Å²) in [5.41, 5.74) is 1.14. The molecule has 0 spiro atoms. The van der Waals surface area contributed by atoms with Gasteiger partial charge in [0.05, 0.1) is 10.0 Å². The van der Waals surface area contributed by atoms with Crippen LogP contribution in [-0.4, -0.2) is 24.8 Å². The molecule has 0 aliphatic carbocycles. The third kappa shape index (κ3) is 5.82. The molecule has 2 rings (SSSR count). The van der Waals surface area contributed by atoms with Crippen molar-refractivity contribution >= 4 is 15.9 Å². The van der Waals surface area contributed by atoms with Crippen LogP contribution < -0.4 is 10.1 Å². The first kappa shape index (κ1) is 19.4. The van der Waals surface area contributed by atoms with Crippen molar-refractivity contribution in [1.29, 1.82) is 5.26 Å². The molecule has 0 heterocycles. The zero-order chi connectivity index (χ0) is 18.1. The lowest BCUT2D eigenvalue weighted by Gasteiger charge is -2.21. The first-order valence-electron chi connectivity index (χ1n) is 8.08. The van der Waals surface area contributed by atoms with Crippen molar-refractivity contribution in [2.75, 3.05) is 19.7 Å². The second kappa shape index (κ2) is 10.1. The lowest BCUT2D eigenvalue weighted by atomic mass is 10.1. The number of aliphatic hydroxyl groups excluding tert-OH is 1. The van der Waals surface area contributed by atoms with E-state index in [2.05, 4.69) is 21.2 Å². The Kier molecular flexibility index (Phi) is 7.86. The van der Waals surface area contributed by atoms with Crippen LogP contribution in [0.4, 0.5) is 4.39 Å². The smallest absolute Gasteiger partial charge is 0.139 e. The molecule has 2 N–H and O–H groups in total. The summed E-state index contributed by atoms with van der Waals surface area (Å²) in [7, 11) is 0. The molecule has 0 amide bonds. The number of benzene rings is 2. The SMILES string of the molecule is N#Cc1cc(F)c(Br)cc1OC(CCNCCCO)c1ccccc1. The van der Waals surface area contributed by atoms with Gasteiger partial charge >= 0.3 is 0 Å². The molecule has 1 unspecified atom stereocenters. The van der Waals surface area contributed by atoms with Crippen molar-refractivity contribution in [2.45, 2.75) is 18.9 Å². The molecule has 1 atom stereocenters. The monoisotopic (exact) mass is 406 g/mol. The number of aliphatic hydroxyl groups is 1. The number of nitrogens with one attached hydrogen (secondary N) is 1. The number of rotatable bonds is 9. The van der Waals surface area contributed by atoms with Gasteiger partial charge in [-0.3, -0.25) is 0 Å². The van der Waals surface area contributed by atoms with E-state index >= 15 is 0 Å². The minimum Gasteiger partial charge on any atom is -0.484 e. The minimum atomic E-state index is -0.495. The van der Waals surface area contributed by atoms with E-state index in [1.54, 1.807) is 0 Å². The molecule has 25 heavy (non-hydrogen) atoms. The maximum atomic E-state index is 13.6. The summed E-state index contributed by atoms with van der Waals surface area (Å²) in [6.45, 7) is 1.58. The third-order valence-corrected chi connectivity index (χ3v) is 4.29. The highest BCUT2D eigenvalue weighted by Gasteiger charge is 2.17. The van der Waals surface area contributed by atoms with Gasteiger partial charge in [0.2, 0.25) is 0 Å². The summed E-state index contributed by atoms with van der Waals surface area (Å²) >= 11 is 3.14. The van der Waals surface area contributed by atoms with E-state index < -0.39 is 5.82 Å². The Balaban J connectivity index is 2.16. The Labute approximate surface area is 155 Å². The Hall–Kier alpha value is -1.94. The highest BCUT2D eigenvalue weighted by atomic mass is 79.9. The van der Waals surface area contributed by atoms with Crippen molar-refractivity contribution < 1.29 is 14.2 Å². The summed E-state index contributed by atoms with van der Waals surface area (Å²) in [6, 6.07) is 14.3. The van der Waals surface area contributed by atoms with Gasteiger partial charge in [-0.2, -0.15) is 5.26 Å². The maximum absolute atomic E-state index is 13.6. The molecule has 0 saturated heterocycles. The van der Waals surface area contributed by atoms with E-state index in [4.69, 9.17) is 9.84 Å². The summed E-state index contributed by atoms with van der Waals surface area (Å²) in [5, 5.41) is 21.3. The molecular weight excluding hydrogens is 387 g/mol. The summed E-state index contributed by atoms with van der Waals surface area (Å²) in [5.74, 6) is -0.147.